The molecule has 0 radical (unpaired) electrons. The molecule has 4 heteroatoms. The van der Waals surface area contributed by atoms with Gasteiger partial charge in [-0.1, -0.05) is 24.3 Å². The first kappa shape index (κ1) is 12.8. The quantitative estimate of drug-likeness (QED) is 0.877. The molecule has 2 N–H and O–H groups in total. The fourth-order valence-electron chi connectivity index (χ4n) is 2.54. The zero-order chi connectivity index (χ0) is 13.9. The van der Waals surface area contributed by atoms with E-state index in [0.29, 0.717) is 6.54 Å². The molecule has 1 aromatic carbocycles. The number of aromatic nitrogens is 1. The number of carbonyl (C=O) groups excluding carboxylic acids is 1. The van der Waals surface area contributed by atoms with Crippen LogP contribution in [0, 0.1) is 6.92 Å². The molecule has 1 aromatic heterocycles. The monoisotopic (exact) mass is 267 g/mol. The van der Waals surface area contributed by atoms with Crippen molar-refractivity contribution in [1.29, 1.82) is 0 Å². The van der Waals surface area contributed by atoms with Crippen LogP contribution < -0.4 is 10.6 Å². The van der Waals surface area contributed by atoms with Crippen molar-refractivity contribution in [2.75, 3.05) is 11.9 Å². The van der Waals surface area contributed by atoms with Crippen molar-refractivity contribution >= 4 is 11.6 Å². The Morgan fingerprint density at radius 1 is 1.35 bits per heavy atom. The van der Waals surface area contributed by atoms with Crippen LogP contribution in [0.25, 0.3) is 0 Å². The zero-order valence-electron chi connectivity index (χ0n) is 11.4. The van der Waals surface area contributed by atoms with E-state index in [2.05, 4.69) is 21.7 Å². The lowest BCUT2D eigenvalue weighted by molar-refractivity contribution is -0.117. The number of hydrogen-bond acceptors (Lipinski definition) is 3. The highest BCUT2D eigenvalue weighted by Crippen LogP contribution is 2.25. The Morgan fingerprint density at radius 3 is 3.05 bits per heavy atom. The molecule has 2 aromatic rings. The molecule has 0 fully saturated rings. The van der Waals surface area contributed by atoms with Crippen molar-refractivity contribution < 1.29 is 4.79 Å². The largest absolute Gasteiger partial charge is 0.324 e. The van der Waals surface area contributed by atoms with Crippen LogP contribution in [-0.2, 0) is 11.3 Å². The van der Waals surface area contributed by atoms with Crippen LogP contribution in [-0.4, -0.2) is 17.4 Å². The Kier molecular flexibility index (Phi) is 3.48. The second-order valence-corrected chi connectivity index (χ2v) is 5.06. The van der Waals surface area contributed by atoms with E-state index in [4.69, 9.17) is 0 Å². The molecular formula is C16H17N3O. The van der Waals surface area contributed by atoms with Crippen LogP contribution in [0.3, 0.4) is 0 Å². The summed E-state index contributed by atoms with van der Waals surface area (Å²) in [6.07, 6.45) is 3.41. The molecule has 0 saturated heterocycles. The molecule has 1 amide bonds. The molecule has 1 aliphatic heterocycles. The van der Waals surface area contributed by atoms with E-state index in [-0.39, 0.29) is 11.8 Å². The number of anilines is 1. The summed E-state index contributed by atoms with van der Waals surface area (Å²) in [5, 5.41) is 6.28. The van der Waals surface area contributed by atoms with E-state index in [1.54, 1.807) is 12.4 Å². The SMILES string of the molecule is Cc1ccncc1NC(=O)C1CNCc2ccccc21. The maximum Gasteiger partial charge on any atom is 0.233 e. The van der Waals surface area contributed by atoms with Crippen LogP contribution in [0.2, 0.25) is 0 Å². The topological polar surface area (TPSA) is 54.0 Å². The average Bonchev–Trinajstić information content (AvgIpc) is 2.49. The predicted molar refractivity (Wildman–Crippen MR) is 78.5 cm³/mol. The first-order chi connectivity index (χ1) is 9.75. The van der Waals surface area contributed by atoms with Crippen LogP contribution in [0.4, 0.5) is 5.69 Å². The summed E-state index contributed by atoms with van der Waals surface area (Å²) in [6.45, 7) is 3.46. The third-order valence-corrected chi connectivity index (χ3v) is 3.71. The second kappa shape index (κ2) is 5.43. The number of fused-ring (bicyclic) bond motifs is 1. The summed E-state index contributed by atoms with van der Waals surface area (Å²) >= 11 is 0. The third kappa shape index (κ3) is 2.42. The van der Waals surface area contributed by atoms with Gasteiger partial charge in [-0.2, -0.15) is 0 Å². The number of aryl methyl sites for hydroxylation is 1. The minimum Gasteiger partial charge on any atom is -0.324 e. The summed E-state index contributed by atoms with van der Waals surface area (Å²) in [4.78, 5) is 16.6. The highest BCUT2D eigenvalue weighted by molar-refractivity contribution is 5.96. The number of pyridine rings is 1. The van der Waals surface area contributed by atoms with E-state index in [0.717, 1.165) is 23.4 Å². The van der Waals surface area contributed by atoms with E-state index in [1.165, 1.54) is 5.56 Å². The molecule has 102 valence electrons. The zero-order valence-corrected chi connectivity index (χ0v) is 11.4. The molecule has 20 heavy (non-hydrogen) atoms. The van der Waals surface area contributed by atoms with Gasteiger partial charge in [0.05, 0.1) is 17.8 Å². The van der Waals surface area contributed by atoms with Crippen LogP contribution >= 0.6 is 0 Å². The van der Waals surface area contributed by atoms with Gasteiger partial charge >= 0.3 is 0 Å². The maximum absolute atomic E-state index is 12.5. The fraction of sp³-hybridized carbons (Fsp3) is 0.250. The van der Waals surface area contributed by atoms with Crippen molar-refractivity contribution in [1.82, 2.24) is 10.3 Å². The highest BCUT2D eigenvalue weighted by Gasteiger charge is 2.26. The Labute approximate surface area is 118 Å². The molecule has 3 rings (SSSR count). The lowest BCUT2D eigenvalue weighted by Crippen LogP contribution is -2.35. The van der Waals surface area contributed by atoms with Gasteiger partial charge in [-0.3, -0.25) is 9.78 Å². The van der Waals surface area contributed by atoms with E-state index >= 15 is 0 Å². The van der Waals surface area contributed by atoms with Crippen molar-refractivity contribution in [3.63, 3.8) is 0 Å². The summed E-state index contributed by atoms with van der Waals surface area (Å²) in [5.74, 6) is -0.139. The standard InChI is InChI=1S/C16H17N3O/c1-11-6-7-17-10-15(11)19-16(20)14-9-18-8-12-4-2-3-5-13(12)14/h2-7,10,14,18H,8-9H2,1H3,(H,19,20). The van der Waals surface area contributed by atoms with Gasteiger partial charge in [0.25, 0.3) is 0 Å². The molecule has 0 bridgehead atoms. The summed E-state index contributed by atoms with van der Waals surface area (Å²) in [7, 11) is 0. The summed E-state index contributed by atoms with van der Waals surface area (Å²) in [5.41, 5.74) is 4.11. The molecule has 0 aliphatic carbocycles. The Balaban J connectivity index is 1.84. The number of nitrogens with zero attached hydrogens (tertiary/aromatic N) is 1. The Hall–Kier alpha value is -2.20. The molecule has 0 spiro atoms. The van der Waals surface area contributed by atoms with Crippen molar-refractivity contribution in [2.24, 2.45) is 0 Å². The predicted octanol–water partition coefficient (Wildman–Crippen LogP) is 2.22. The van der Waals surface area contributed by atoms with E-state index in [1.807, 2.05) is 31.2 Å². The van der Waals surface area contributed by atoms with Crippen molar-refractivity contribution in [3.05, 3.63) is 59.4 Å². The summed E-state index contributed by atoms with van der Waals surface area (Å²) in [6, 6.07) is 9.99. The highest BCUT2D eigenvalue weighted by atomic mass is 16.1. The number of nitrogens with one attached hydrogen (secondary N) is 2. The number of benzene rings is 1. The Bertz CT molecular complexity index is 639. The lowest BCUT2D eigenvalue weighted by atomic mass is 9.90. The molecule has 1 atom stereocenters. The smallest absolute Gasteiger partial charge is 0.233 e. The van der Waals surface area contributed by atoms with Crippen molar-refractivity contribution in [2.45, 2.75) is 19.4 Å². The average molecular weight is 267 g/mol. The summed E-state index contributed by atoms with van der Waals surface area (Å²) < 4.78 is 0. The number of amides is 1. The Morgan fingerprint density at radius 2 is 2.20 bits per heavy atom. The van der Waals surface area contributed by atoms with Crippen LogP contribution in [0.15, 0.2) is 42.7 Å². The van der Waals surface area contributed by atoms with Gasteiger partial charge in [0.2, 0.25) is 5.91 Å². The first-order valence-electron chi connectivity index (χ1n) is 6.75. The van der Waals surface area contributed by atoms with Gasteiger partial charge in [-0.25, -0.2) is 0 Å². The van der Waals surface area contributed by atoms with Gasteiger partial charge in [-0.05, 0) is 29.7 Å². The molecule has 1 aliphatic rings. The van der Waals surface area contributed by atoms with Crippen LogP contribution in [0.1, 0.15) is 22.6 Å². The second-order valence-electron chi connectivity index (χ2n) is 5.06. The third-order valence-electron chi connectivity index (χ3n) is 3.71. The molecule has 4 nitrogen and oxygen atoms in total. The molecule has 0 saturated carbocycles. The van der Waals surface area contributed by atoms with Gasteiger partial charge in [0, 0.05) is 19.3 Å². The van der Waals surface area contributed by atoms with Gasteiger partial charge < -0.3 is 10.6 Å². The number of hydrogen-bond donors (Lipinski definition) is 2. The van der Waals surface area contributed by atoms with Gasteiger partial charge in [0.1, 0.15) is 0 Å². The fourth-order valence-corrected chi connectivity index (χ4v) is 2.54. The first-order valence-corrected chi connectivity index (χ1v) is 6.75. The minimum absolute atomic E-state index is 0.0146. The normalized spacial score (nSPS) is 17.4. The van der Waals surface area contributed by atoms with Gasteiger partial charge in [-0.15, -0.1) is 0 Å². The van der Waals surface area contributed by atoms with Crippen LogP contribution in [0.5, 0.6) is 0 Å². The van der Waals surface area contributed by atoms with E-state index < -0.39 is 0 Å². The molecular weight excluding hydrogens is 250 g/mol. The van der Waals surface area contributed by atoms with Gasteiger partial charge in [0.15, 0.2) is 0 Å². The molecule has 2 heterocycles. The minimum atomic E-state index is -0.153. The number of rotatable bonds is 2. The van der Waals surface area contributed by atoms with E-state index in [9.17, 15) is 4.79 Å². The molecule has 1 unspecified atom stereocenters. The number of carbonyl (C=O) groups is 1. The maximum atomic E-state index is 12.5. The lowest BCUT2D eigenvalue weighted by Gasteiger charge is -2.25. The van der Waals surface area contributed by atoms with Crippen molar-refractivity contribution in [3.8, 4) is 0 Å².